The van der Waals surface area contributed by atoms with Crippen LogP contribution in [0.1, 0.15) is 18.7 Å². The number of nitrogens with zero attached hydrogens (tertiary/aromatic N) is 2. The van der Waals surface area contributed by atoms with E-state index in [9.17, 15) is 0 Å². The van der Waals surface area contributed by atoms with Gasteiger partial charge in [-0.1, -0.05) is 11.6 Å². The first kappa shape index (κ1) is 11.1. The van der Waals surface area contributed by atoms with Crippen molar-refractivity contribution in [2.45, 2.75) is 19.3 Å². The fourth-order valence-corrected chi connectivity index (χ4v) is 2.56. The van der Waals surface area contributed by atoms with Gasteiger partial charge in [-0.25, -0.2) is 4.98 Å². The molecule has 0 bridgehead atoms. The molecule has 0 N–H and O–H groups in total. The van der Waals surface area contributed by atoms with Crippen LogP contribution in [0.5, 0.6) is 0 Å². The van der Waals surface area contributed by atoms with Crippen LogP contribution in [0, 0.1) is 5.92 Å². The van der Waals surface area contributed by atoms with E-state index in [1.54, 1.807) is 0 Å². The van der Waals surface area contributed by atoms with Crippen molar-refractivity contribution in [2.24, 2.45) is 5.92 Å². The van der Waals surface area contributed by atoms with Gasteiger partial charge in [-0.05, 0) is 30.9 Å². The lowest BCUT2D eigenvalue weighted by Crippen LogP contribution is -2.18. The van der Waals surface area contributed by atoms with Crippen molar-refractivity contribution in [3.8, 4) is 0 Å². The lowest BCUT2D eigenvalue weighted by Gasteiger charge is -2.21. The van der Waals surface area contributed by atoms with Crippen LogP contribution in [0.3, 0.4) is 0 Å². The summed E-state index contributed by atoms with van der Waals surface area (Å²) in [5.41, 5.74) is 1.07. The largest absolute Gasteiger partial charge is 0.381 e. The molecular formula is C13H15ClN2O. The topological polar surface area (TPSA) is 26.5 Å². The maximum atomic E-state index is 5.96. The molecule has 2 aromatic rings. The van der Waals surface area contributed by atoms with Crippen molar-refractivity contribution in [3.05, 3.63) is 35.4 Å². The van der Waals surface area contributed by atoms with Gasteiger partial charge in [-0.2, -0.15) is 0 Å². The van der Waals surface area contributed by atoms with Gasteiger partial charge in [-0.3, -0.25) is 0 Å². The van der Waals surface area contributed by atoms with Crippen molar-refractivity contribution in [1.82, 2.24) is 9.38 Å². The highest BCUT2D eigenvalue weighted by Gasteiger charge is 2.16. The second-order valence-corrected chi connectivity index (χ2v) is 5.01. The van der Waals surface area contributed by atoms with Crippen molar-refractivity contribution < 1.29 is 4.74 Å². The van der Waals surface area contributed by atoms with Gasteiger partial charge in [0.25, 0.3) is 0 Å². The molecule has 1 saturated heterocycles. The minimum atomic E-state index is 0.699. The molecule has 0 amide bonds. The van der Waals surface area contributed by atoms with Crippen molar-refractivity contribution in [3.63, 3.8) is 0 Å². The SMILES string of the molecule is Clc1ccn2c(CC3CCOCC3)ncc2c1. The molecular weight excluding hydrogens is 236 g/mol. The molecule has 3 nitrogen and oxygen atoms in total. The van der Waals surface area contributed by atoms with E-state index in [1.807, 2.05) is 24.5 Å². The van der Waals surface area contributed by atoms with Gasteiger partial charge in [0.05, 0.1) is 11.7 Å². The molecule has 0 radical (unpaired) electrons. The van der Waals surface area contributed by atoms with E-state index in [-0.39, 0.29) is 0 Å². The summed E-state index contributed by atoms with van der Waals surface area (Å²) in [5, 5.41) is 0.759. The molecule has 0 saturated carbocycles. The summed E-state index contributed by atoms with van der Waals surface area (Å²) in [6.07, 6.45) is 7.20. The van der Waals surface area contributed by atoms with Crippen LogP contribution in [0.2, 0.25) is 5.02 Å². The van der Waals surface area contributed by atoms with Gasteiger partial charge in [0.2, 0.25) is 0 Å². The summed E-state index contributed by atoms with van der Waals surface area (Å²) in [6, 6.07) is 3.85. The smallest absolute Gasteiger partial charge is 0.113 e. The summed E-state index contributed by atoms with van der Waals surface area (Å²) < 4.78 is 7.50. The monoisotopic (exact) mass is 250 g/mol. The van der Waals surface area contributed by atoms with Gasteiger partial charge in [0.1, 0.15) is 5.82 Å². The van der Waals surface area contributed by atoms with Crippen LogP contribution in [-0.4, -0.2) is 22.6 Å². The Balaban J connectivity index is 1.84. The maximum Gasteiger partial charge on any atom is 0.113 e. The average molecular weight is 251 g/mol. The molecule has 0 aliphatic carbocycles. The van der Waals surface area contributed by atoms with E-state index >= 15 is 0 Å². The average Bonchev–Trinajstić information content (AvgIpc) is 2.73. The molecule has 0 atom stereocenters. The van der Waals surface area contributed by atoms with Crippen LogP contribution in [0.4, 0.5) is 0 Å². The molecule has 4 heteroatoms. The molecule has 3 rings (SSSR count). The zero-order valence-electron chi connectivity index (χ0n) is 9.60. The molecule has 0 unspecified atom stereocenters. The number of hydrogen-bond acceptors (Lipinski definition) is 2. The second-order valence-electron chi connectivity index (χ2n) is 4.57. The molecule has 3 heterocycles. The summed E-state index contributed by atoms with van der Waals surface area (Å²) in [7, 11) is 0. The Hall–Kier alpha value is -1.06. The fraction of sp³-hybridized carbons (Fsp3) is 0.462. The van der Waals surface area contributed by atoms with E-state index in [1.165, 1.54) is 0 Å². The van der Waals surface area contributed by atoms with Gasteiger partial charge in [-0.15, -0.1) is 0 Å². The Kier molecular flexibility index (Phi) is 3.04. The summed E-state index contributed by atoms with van der Waals surface area (Å²) in [6.45, 7) is 1.78. The number of rotatable bonds is 2. The highest BCUT2D eigenvalue weighted by Crippen LogP contribution is 2.21. The standard InChI is InChI=1S/C13H15ClN2O/c14-11-1-4-16-12(8-11)9-15-13(16)7-10-2-5-17-6-3-10/h1,4,8-10H,2-3,5-7H2. The number of imidazole rings is 1. The zero-order valence-corrected chi connectivity index (χ0v) is 10.4. The van der Waals surface area contributed by atoms with E-state index in [0.29, 0.717) is 5.92 Å². The molecule has 90 valence electrons. The molecule has 2 aromatic heterocycles. The fourth-order valence-electron chi connectivity index (χ4n) is 2.39. The van der Waals surface area contributed by atoms with Crippen LogP contribution in [0.25, 0.3) is 5.52 Å². The first-order chi connectivity index (χ1) is 8.33. The minimum Gasteiger partial charge on any atom is -0.381 e. The molecule has 1 aliphatic heterocycles. The number of pyridine rings is 1. The van der Waals surface area contributed by atoms with Crippen LogP contribution in [0.15, 0.2) is 24.5 Å². The van der Waals surface area contributed by atoms with E-state index in [4.69, 9.17) is 16.3 Å². The molecule has 17 heavy (non-hydrogen) atoms. The highest BCUT2D eigenvalue weighted by atomic mass is 35.5. The normalized spacial score (nSPS) is 17.7. The maximum absolute atomic E-state index is 5.96. The van der Waals surface area contributed by atoms with Gasteiger partial charge in [0, 0.05) is 30.9 Å². The Bertz CT molecular complexity index is 517. The Morgan fingerprint density at radius 1 is 1.41 bits per heavy atom. The molecule has 0 aromatic carbocycles. The van der Waals surface area contributed by atoms with Gasteiger partial charge in [0.15, 0.2) is 0 Å². The Morgan fingerprint density at radius 3 is 3.06 bits per heavy atom. The predicted molar refractivity (Wildman–Crippen MR) is 67.4 cm³/mol. The first-order valence-corrected chi connectivity index (χ1v) is 6.40. The Labute approximate surface area is 105 Å². The zero-order chi connectivity index (χ0) is 11.7. The number of hydrogen-bond donors (Lipinski definition) is 0. The second kappa shape index (κ2) is 4.67. The van der Waals surface area contributed by atoms with E-state index in [0.717, 1.165) is 48.8 Å². The third-order valence-electron chi connectivity index (χ3n) is 3.38. The highest BCUT2D eigenvalue weighted by molar-refractivity contribution is 6.30. The number of fused-ring (bicyclic) bond motifs is 1. The van der Waals surface area contributed by atoms with Gasteiger partial charge < -0.3 is 9.14 Å². The minimum absolute atomic E-state index is 0.699. The molecule has 0 spiro atoms. The van der Waals surface area contributed by atoms with Crippen molar-refractivity contribution >= 4 is 17.1 Å². The molecule has 1 fully saturated rings. The Morgan fingerprint density at radius 2 is 2.24 bits per heavy atom. The summed E-state index contributed by atoms with van der Waals surface area (Å²) in [5.74, 6) is 1.83. The van der Waals surface area contributed by atoms with Crippen molar-refractivity contribution in [1.29, 1.82) is 0 Å². The lowest BCUT2D eigenvalue weighted by molar-refractivity contribution is 0.0659. The van der Waals surface area contributed by atoms with Crippen LogP contribution in [-0.2, 0) is 11.2 Å². The van der Waals surface area contributed by atoms with Crippen LogP contribution < -0.4 is 0 Å². The van der Waals surface area contributed by atoms with Crippen LogP contribution >= 0.6 is 11.6 Å². The van der Waals surface area contributed by atoms with E-state index in [2.05, 4.69) is 9.38 Å². The van der Waals surface area contributed by atoms with Gasteiger partial charge >= 0.3 is 0 Å². The number of aromatic nitrogens is 2. The summed E-state index contributed by atoms with van der Waals surface area (Å²) >= 11 is 5.96. The van der Waals surface area contributed by atoms with E-state index < -0.39 is 0 Å². The lowest BCUT2D eigenvalue weighted by atomic mass is 9.96. The quantitative estimate of drug-likeness (QED) is 0.819. The predicted octanol–water partition coefficient (Wildman–Crippen LogP) is 2.96. The number of ether oxygens (including phenoxy) is 1. The van der Waals surface area contributed by atoms with Crippen molar-refractivity contribution in [2.75, 3.05) is 13.2 Å². The summed E-state index contributed by atoms with van der Waals surface area (Å²) in [4.78, 5) is 4.49. The third-order valence-corrected chi connectivity index (χ3v) is 3.62. The first-order valence-electron chi connectivity index (χ1n) is 6.02. The third kappa shape index (κ3) is 2.31. The number of halogens is 1. The molecule has 1 aliphatic rings.